The molecule has 2 aromatic rings. The summed E-state index contributed by atoms with van der Waals surface area (Å²) in [5, 5.41) is 12.1. The van der Waals surface area contributed by atoms with E-state index in [2.05, 4.69) is 17.2 Å². The number of rotatable bonds is 14. The van der Waals surface area contributed by atoms with Crippen LogP contribution in [0.1, 0.15) is 76.8 Å². The Balaban J connectivity index is 2.14. The maximum absolute atomic E-state index is 12.7. The van der Waals surface area contributed by atoms with Crippen LogP contribution in [0, 0.1) is 5.92 Å². The number of carbonyl (C=O) groups excluding carboxylic acids is 2. The van der Waals surface area contributed by atoms with Gasteiger partial charge in [-0.05, 0) is 55.2 Å². The van der Waals surface area contributed by atoms with E-state index in [0.717, 1.165) is 25.5 Å². The number of nitrogens with one attached hydrogen (secondary N) is 2. The molecule has 1 unspecified atom stereocenters. The summed E-state index contributed by atoms with van der Waals surface area (Å²) in [6, 6.07) is 6.50. The predicted octanol–water partition coefficient (Wildman–Crippen LogP) is 3.03. The van der Waals surface area contributed by atoms with Crippen LogP contribution >= 0.6 is 0 Å². The standard InChI is InChI=1S/C25H33N3O7S/c1-4-6-7-17(3)14-19-15-20(16-27-22(19)25(31)32)24(30)28-36(33,34)21-10-8-18(9-11-21)23(29)26-12-13-35-5-2/h8-11,15-17H,4-7,12-14H2,1-3H3,(H,26,29)(H,28,30)(H,31,32). The highest BCUT2D eigenvalue weighted by Crippen LogP contribution is 2.19. The lowest BCUT2D eigenvalue weighted by Gasteiger charge is -2.14. The maximum atomic E-state index is 12.7. The van der Waals surface area contributed by atoms with E-state index in [1.54, 1.807) is 0 Å². The van der Waals surface area contributed by atoms with Gasteiger partial charge >= 0.3 is 5.97 Å². The van der Waals surface area contributed by atoms with Gasteiger partial charge in [-0.1, -0.05) is 33.1 Å². The SMILES string of the molecule is CCCCC(C)Cc1cc(C(=O)NS(=O)(=O)c2ccc(C(=O)NCCOCC)cc2)cnc1C(=O)O. The topological polar surface area (TPSA) is 152 Å². The van der Waals surface area contributed by atoms with Crippen molar-refractivity contribution in [3.8, 4) is 0 Å². The number of amides is 2. The Bertz CT molecular complexity index is 1160. The van der Waals surface area contributed by atoms with Crippen LogP contribution in [0.4, 0.5) is 0 Å². The first-order chi connectivity index (χ1) is 17.1. The van der Waals surface area contributed by atoms with Gasteiger partial charge < -0.3 is 15.2 Å². The zero-order chi connectivity index (χ0) is 26.7. The maximum Gasteiger partial charge on any atom is 0.354 e. The van der Waals surface area contributed by atoms with Crippen molar-refractivity contribution in [2.75, 3.05) is 19.8 Å². The lowest BCUT2D eigenvalue weighted by molar-refractivity contribution is 0.0687. The number of hydrogen-bond acceptors (Lipinski definition) is 7. The summed E-state index contributed by atoms with van der Waals surface area (Å²) in [6.45, 7) is 7.11. The number of carboxylic acid groups (broad SMARTS) is 1. The second kappa shape index (κ2) is 13.7. The molecule has 2 rings (SSSR count). The van der Waals surface area contributed by atoms with Gasteiger partial charge in [0.2, 0.25) is 0 Å². The average molecular weight is 520 g/mol. The molecule has 0 radical (unpaired) electrons. The molecule has 10 nitrogen and oxygen atoms in total. The third-order valence-corrected chi connectivity index (χ3v) is 6.79. The van der Waals surface area contributed by atoms with Gasteiger partial charge in [0.1, 0.15) is 0 Å². The minimum Gasteiger partial charge on any atom is -0.477 e. The Morgan fingerprint density at radius 2 is 1.78 bits per heavy atom. The molecule has 1 aromatic heterocycles. The molecular formula is C25H33N3O7S. The summed E-state index contributed by atoms with van der Waals surface area (Å²) in [6.07, 6.45) is 4.33. The van der Waals surface area contributed by atoms with Gasteiger partial charge in [0.05, 0.1) is 17.1 Å². The lowest BCUT2D eigenvalue weighted by Crippen LogP contribution is -2.31. The van der Waals surface area contributed by atoms with Crippen molar-refractivity contribution in [1.82, 2.24) is 15.0 Å². The number of carboxylic acids is 1. The molecule has 196 valence electrons. The number of sulfonamides is 1. The van der Waals surface area contributed by atoms with Gasteiger partial charge in [0, 0.05) is 24.9 Å². The van der Waals surface area contributed by atoms with Crippen molar-refractivity contribution in [3.63, 3.8) is 0 Å². The highest BCUT2D eigenvalue weighted by Gasteiger charge is 2.22. The molecule has 0 aliphatic rings. The summed E-state index contributed by atoms with van der Waals surface area (Å²) in [5.74, 6) is -2.36. The Hall–Kier alpha value is -3.31. The van der Waals surface area contributed by atoms with Gasteiger partial charge in [-0.15, -0.1) is 0 Å². The third-order valence-electron chi connectivity index (χ3n) is 5.44. The molecule has 0 fully saturated rings. The first-order valence-corrected chi connectivity index (χ1v) is 13.3. The van der Waals surface area contributed by atoms with E-state index < -0.39 is 21.9 Å². The van der Waals surface area contributed by atoms with Crippen LogP contribution in [0.3, 0.4) is 0 Å². The first kappa shape index (κ1) is 28.9. The fraction of sp³-hybridized carbons (Fsp3) is 0.440. The Kier molecular flexibility index (Phi) is 11.0. The van der Waals surface area contributed by atoms with Crippen molar-refractivity contribution in [1.29, 1.82) is 0 Å². The summed E-state index contributed by atoms with van der Waals surface area (Å²) in [5.41, 5.74) is 0.405. The number of hydrogen-bond donors (Lipinski definition) is 3. The van der Waals surface area contributed by atoms with E-state index >= 15 is 0 Å². The number of pyridine rings is 1. The fourth-order valence-electron chi connectivity index (χ4n) is 3.52. The van der Waals surface area contributed by atoms with E-state index in [-0.39, 0.29) is 33.5 Å². The van der Waals surface area contributed by atoms with Crippen molar-refractivity contribution in [2.24, 2.45) is 5.92 Å². The molecular weight excluding hydrogens is 486 g/mol. The van der Waals surface area contributed by atoms with E-state index in [1.165, 1.54) is 30.3 Å². The van der Waals surface area contributed by atoms with E-state index in [1.807, 2.05) is 18.6 Å². The number of aromatic carboxylic acids is 1. The molecule has 1 atom stereocenters. The summed E-state index contributed by atoms with van der Waals surface area (Å²) < 4.78 is 32.6. The molecule has 3 N–H and O–H groups in total. The van der Waals surface area contributed by atoms with Crippen LogP contribution in [-0.2, 0) is 21.2 Å². The molecule has 0 bridgehead atoms. The molecule has 0 aliphatic carbocycles. The minimum absolute atomic E-state index is 0.0634. The zero-order valence-corrected chi connectivity index (χ0v) is 21.6. The van der Waals surface area contributed by atoms with Crippen LogP contribution in [0.5, 0.6) is 0 Å². The molecule has 36 heavy (non-hydrogen) atoms. The summed E-state index contributed by atoms with van der Waals surface area (Å²) >= 11 is 0. The van der Waals surface area contributed by atoms with Crippen LogP contribution < -0.4 is 10.0 Å². The number of aromatic nitrogens is 1. The molecule has 0 spiro atoms. The van der Waals surface area contributed by atoms with Gasteiger partial charge in [-0.3, -0.25) is 9.59 Å². The zero-order valence-electron chi connectivity index (χ0n) is 20.7. The third kappa shape index (κ3) is 8.42. The number of unbranched alkanes of at least 4 members (excludes halogenated alkanes) is 1. The number of carbonyl (C=O) groups is 3. The van der Waals surface area contributed by atoms with E-state index in [9.17, 15) is 27.9 Å². The first-order valence-electron chi connectivity index (χ1n) is 11.8. The monoisotopic (exact) mass is 519 g/mol. The molecule has 0 aliphatic heterocycles. The van der Waals surface area contributed by atoms with Crippen LogP contribution in [0.2, 0.25) is 0 Å². The van der Waals surface area contributed by atoms with Gasteiger partial charge in [-0.2, -0.15) is 0 Å². The fourth-order valence-corrected chi connectivity index (χ4v) is 4.50. The van der Waals surface area contributed by atoms with Gasteiger partial charge in [0.25, 0.3) is 21.8 Å². The molecule has 2 amide bonds. The molecule has 11 heteroatoms. The highest BCUT2D eigenvalue weighted by molar-refractivity contribution is 7.90. The van der Waals surface area contributed by atoms with E-state index in [4.69, 9.17) is 4.74 Å². The Morgan fingerprint density at radius 1 is 1.08 bits per heavy atom. The Labute approximate surface area is 211 Å². The molecule has 1 aromatic carbocycles. The van der Waals surface area contributed by atoms with Gasteiger partial charge in [-0.25, -0.2) is 22.9 Å². The largest absolute Gasteiger partial charge is 0.477 e. The van der Waals surface area contributed by atoms with Crippen LogP contribution in [0.25, 0.3) is 0 Å². The molecule has 1 heterocycles. The van der Waals surface area contributed by atoms with Crippen molar-refractivity contribution in [2.45, 2.75) is 51.3 Å². The van der Waals surface area contributed by atoms with Crippen molar-refractivity contribution >= 4 is 27.8 Å². The minimum atomic E-state index is -4.24. The second-order valence-electron chi connectivity index (χ2n) is 8.40. The summed E-state index contributed by atoms with van der Waals surface area (Å²) in [4.78, 5) is 40.1. The van der Waals surface area contributed by atoms with Crippen molar-refractivity contribution in [3.05, 3.63) is 58.9 Å². The number of ether oxygens (including phenoxy) is 1. The average Bonchev–Trinajstić information content (AvgIpc) is 2.84. The van der Waals surface area contributed by atoms with Crippen molar-refractivity contribution < 1.29 is 32.6 Å². The quantitative estimate of drug-likeness (QED) is 0.322. The van der Waals surface area contributed by atoms with Gasteiger partial charge in [0.15, 0.2) is 5.69 Å². The predicted molar refractivity (Wildman–Crippen MR) is 134 cm³/mol. The van der Waals surface area contributed by atoms with Crippen LogP contribution in [-0.4, -0.2) is 56.1 Å². The Morgan fingerprint density at radius 3 is 2.39 bits per heavy atom. The molecule has 0 saturated heterocycles. The second-order valence-corrected chi connectivity index (χ2v) is 10.1. The molecule has 0 saturated carbocycles. The van der Waals surface area contributed by atoms with E-state index in [0.29, 0.717) is 31.7 Å². The lowest BCUT2D eigenvalue weighted by atomic mass is 9.94. The highest BCUT2D eigenvalue weighted by atomic mass is 32.2. The smallest absolute Gasteiger partial charge is 0.354 e. The van der Waals surface area contributed by atoms with Crippen LogP contribution in [0.15, 0.2) is 41.4 Å². The number of benzene rings is 1. The normalized spacial score (nSPS) is 12.1. The number of nitrogens with zero attached hydrogens (tertiary/aromatic N) is 1. The summed E-state index contributed by atoms with van der Waals surface area (Å²) in [7, 11) is -4.24.